The van der Waals surface area contributed by atoms with Crippen molar-refractivity contribution in [2.24, 2.45) is 0 Å². The van der Waals surface area contributed by atoms with E-state index in [0.29, 0.717) is 12.3 Å². The minimum absolute atomic E-state index is 0.0168. The van der Waals surface area contributed by atoms with Gasteiger partial charge in [0.15, 0.2) is 6.61 Å². The number of carbonyl (C=O) groups excluding carboxylic acids is 1. The summed E-state index contributed by atoms with van der Waals surface area (Å²) in [6, 6.07) is 15.9. The van der Waals surface area contributed by atoms with Crippen molar-refractivity contribution in [3.8, 4) is 11.5 Å². The highest BCUT2D eigenvalue weighted by atomic mass is 16.5. The summed E-state index contributed by atoms with van der Waals surface area (Å²) in [6.45, 7) is 3.89. The van der Waals surface area contributed by atoms with Crippen LogP contribution in [0.15, 0.2) is 48.5 Å². The van der Waals surface area contributed by atoms with Crippen molar-refractivity contribution in [1.82, 2.24) is 5.32 Å². The maximum atomic E-state index is 12.4. The number of hydrogen-bond donors (Lipinski definition) is 2. The van der Waals surface area contributed by atoms with E-state index in [1.165, 1.54) is 10.5 Å². The molecule has 1 atom stereocenters. The lowest BCUT2D eigenvalue weighted by Gasteiger charge is -2.32. The highest BCUT2D eigenvalue weighted by molar-refractivity contribution is 5.77. The quantitative estimate of drug-likeness (QED) is 0.639. The molecule has 3 rings (SSSR count). The summed E-state index contributed by atoms with van der Waals surface area (Å²) >= 11 is 0. The van der Waals surface area contributed by atoms with Crippen LogP contribution in [0.4, 0.5) is 5.69 Å². The molecular formula is C23H32N3O4+. The standard InChI is InChI=1S/C23H31N3O4/c1-25(2)19-6-4-18(5-7-19)22(26-12-14-29-15-13-26)16-24-23(27)17-30-21-10-8-20(28-3)9-11-21/h4-11,22H,12-17H2,1-3H3,(H,24,27)/p+1/t22-/m0/s1. The molecule has 0 saturated carbocycles. The lowest BCUT2D eigenvalue weighted by Crippen LogP contribution is -3.15. The molecule has 2 N–H and O–H groups in total. The molecule has 2 aromatic carbocycles. The number of carbonyl (C=O) groups is 1. The molecule has 7 nitrogen and oxygen atoms in total. The van der Waals surface area contributed by atoms with Gasteiger partial charge in [-0.15, -0.1) is 0 Å². The van der Waals surface area contributed by atoms with Gasteiger partial charge in [-0.25, -0.2) is 0 Å². The molecule has 0 aromatic heterocycles. The van der Waals surface area contributed by atoms with Crippen molar-refractivity contribution in [3.63, 3.8) is 0 Å². The van der Waals surface area contributed by atoms with Gasteiger partial charge in [-0.05, 0) is 36.4 Å². The van der Waals surface area contributed by atoms with E-state index < -0.39 is 0 Å². The third-order valence-corrected chi connectivity index (χ3v) is 5.37. The third-order valence-electron chi connectivity index (χ3n) is 5.37. The van der Waals surface area contributed by atoms with Gasteiger partial charge in [-0.1, -0.05) is 12.1 Å². The van der Waals surface area contributed by atoms with Crippen molar-refractivity contribution in [2.45, 2.75) is 6.04 Å². The number of hydrogen-bond acceptors (Lipinski definition) is 5. The SMILES string of the molecule is COc1ccc(OCC(=O)NC[C@@H](c2ccc(N(C)C)cc2)[NH+]2CCOCC2)cc1. The number of quaternary nitrogens is 1. The minimum Gasteiger partial charge on any atom is -0.497 e. The van der Waals surface area contributed by atoms with Crippen LogP contribution in [0.3, 0.4) is 0 Å². The first-order valence-corrected chi connectivity index (χ1v) is 10.3. The maximum Gasteiger partial charge on any atom is 0.258 e. The van der Waals surface area contributed by atoms with E-state index in [9.17, 15) is 4.79 Å². The van der Waals surface area contributed by atoms with Gasteiger partial charge in [0.25, 0.3) is 5.91 Å². The van der Waals surface area contributed by atoms with Gasteiger partial charge < -0.3 is 29.3 Å². The monoisotopic (exact) mass is 414 g/mol. The summed E-state index contributed by atoms with van der Waals surface area (Å²) in [4.78, 5) is 15.9. The molecule has 162 valence electrons. The topological polar surface area (TPSA) is 64.5 Å². The molecule has 0 unspecified atom stereocenters. The number of anilines is 1. The fraction of sp³-hybridized carbons (Fsp3) is 0.435. The summed E-state index contributed by atoms with van der Waals surface area (Å²) in [5.74, 6) is 1.26. The molecule has 1 aliphatic rings. The van der Waals surface area contributed by atoms with Crippen LogP contribution in [0, 0.1) is 0 Å². The van der Waals surface area contributed by atoms with E-state index in [1.54, 1.807) is 19.2 Å². The molecule has 0 bridgehead atoms. The van der Waals surface area contributed by atoms with Crippen molar-refractivity contribution in [1.29, 1.82) is 0 Å². The number of methoxy groups -OCH3 is 1. The van der Waals surface area contributed by atoms with Crippen LogP contribution in [-0.4, -0.2) is 66.6 Å². The summed E-state index contributed by atoms with van der Waals surface area (Å²) in [5, 5.41) is 3.05. The maximum absolute atomic E-state index is 12.4. The van der Waals surface area contributed by atoms with Crippen molar-refractivity contribution >= 4 is 11.6 Å². The largest absolute Gasteiger partial charge is 0.497 e. The van der Waals surface area contributed by atoms with Gasteiger partial charge in [0.05, 0.1) is 26.9 Å². The molecule has 1 aliphatic heterocycles. The zero-order valence-corrected chi connectivity index (χ0v) is 18.0. The van der Waals surface area contributed by atoms with Gasteiger partial charge in [-0.2, -0.15) is 0 Å². The van der Waals surface area contributed by atoms with E-state index in [1.807, 2.05) is 26.2 Å². The first-order chi connectivity index (χ1) is 14.6. The highest BCUT2D eigenvalue weighted by Crippen LogP contribution is 2.18. The molecule has 2 aromatic rings. The molecule has 1 fully saturated rings. The van der Waals surface area contributed by atoms with Crippen LogP contribution in [0.25, 0.3) is 0 Å². The number of rotatable bonds is 9. The number of nitrogens with one attached hydrogen (secondary N) is 2. The van der Waals surface area contributed by atoms with Gasteiger partial charge in [0, 0.05) is 25.3 Å². The fourth-order valence-corrected chi connectivity index (χ4v) is 3.57. The number of benzene rings is 2. The average molecular weight is 415 g/mol. The molecule has 1 saturated heterocycles. The van der Waals surface area contributed by atoms with E-state index in [4.69, 9.17) is 14.2 Å². The highest BCUT2D eigenvalue weighted by Gasteiger charge is 2.27. The number of morpholine rings is 1. The number of nitrogens with zero attached hydrogens (tertiary/aromatic N) is 1. The Bertz CT molecular complexity index is 787. The van der Waals surface area contributed by atoms with Gasteiger partial charge in [0.2, 0.25) is 0 Å². The van der Waals surface area contributed by atoms with Crippen LogP contribution in [-0.2, 0) is 9.53 Å². The first kappa shape index (κ1) is 21.9. The van der Waals surface area contributed by atoms with Gasteiger partial charge in [0.1, 0.15) is 30.6 Å². The second kappa shape index (κ2) is 10.8. The Morgan fingerprint density at radius 2 is 1.70 bits per heavy atom. The normalized spacial score (nSPS) is 15.3. The summed E-state index contributed by atoms with van der Waals surface area (Å²) in [7, 11) is 5.68. The van der Waals surface area contributed by atoms with Crippen molar-refractivity contribution in [3.05, 3.63) is 54.1 Å². The molecule has 0 spiro atoms. The molecule has 30 heavy (non-hydrogen) atoms. The van der Waals surface area contributed by atoms with Crippen LogP contribution in [0.5, 0.6) is 11.5 Å². The lowest BCUT2D eigenvalue weighted by molar-refractivity contribution is -0.937. The lowest BCUT2D eigenvalue weighted by atomic mass is 10.0. The van der Waals surface area contributed by atoms with Crippen molar-refractivity contribution in [2.75, 3.05) is 65.6 Å². The summed E-state index contributed by atoms with van der Waals surface area (Å²) in [5.41, 5.74) is 2.38. The zero-order chi connectivity index (χ0) is 21.3. The number of amides is 1. The Kier molecular flexibility index (Phi) is 7.93. The fourth-order valence-electron chi connectivity index (χ4n) is 3.57. The minimum atomic E-state index is -0.131. The van der Waals surface area contributed by atoms with E-state index in [0.717, 1.165) is 37.7 Å². The Hall–Kier alpha value is -2.77. The molecule has 0 radical (unpaired) electrons. The second-order valence-corrected chi connectivity index (χ2v) is 7.58. The van der Waals surface area contributed by atoms with Crippen LogP contribution >= 0.6 is 0 Å². The van der Waals surface area contributed by atoms with E-state index >= 15 is 0 Å². The summed E-state index contributed by atoms with van der Waals surface area (Å²) < 4.78 is 16.2. The smallest absolute Gasteiger partial charge is 0.258 e. The Balaban J connectivity index is 1.58. The van der Waals surface area contributed by atoms with E-state index in [-0.39, 0.29) is 18.6 Å². The number of ether oxygens (including phenoxy) is 3. The predicted molar refractivity (Wildman–Crippen MR) is 117 cm³/mol. The molecule has 1 amide bonds. The van der Waals surface area contributed by atoms with E-state index in [2.05, 4.69) is 34.5 Å². The molecular weight excluding hydrogens is 382 g/mol. The Morgan fingerprint density at radius 1 is 1.07 bits per heavy atom. The van der Waals surface area contributed by atoms with Crippen LogP contribution in [0.2, 0.25) is 0 Å². The predicted octanol–water partition coefficient (Wildman–Crippen LogP) is 0.913. The zero-order valence-electron chi connectivity index (χ0n) is 18.0. The van der Waals surface area contributed by atoms with Crippen LogP contribution in [0.1, 0.15) is 11.6 Å². The molecule has 1 heterocycles. The van der Waals surface area contributed by atoms with Crippen molar-refractivity contribution < 1.29 is 23.9 Å². The summed E-state index contributed by atoms with van der Waals surface area (Å²) in [6.07, 6.45) is 0. The van der Waals surface area contributed by atoms with Crippen LogP contribution < -0.4 is 24.6 Å². The van der Waals surface area contributed by atoms with Gasteiger partial charge >= 0.3 is 0 Å². The average Bonchev–Trinajstić information content (AvgIpc) is 2.79. The Morgan fingerprint density at radius 3 is 2.30 bits per heavy atom. The first-order valence-electron chi connectivity index (χ1n) is 10.3. The second-order valence-electron chi connectivity index (χ2n) is 7.58. The van der Waals surface area contributed by atoms with Gasteiger partial charge in [-0.3, -0.25) is 4.79 Å². The Labute approximate surface area is 178 Å². The third kappa shape index (κ3) is 6.11. The molecule has 0 aliphatic carbocycles. The molecule has 7 heteroatoms.